The Morgan fingerprint density at radius 1 is 0.939 bits per heavy atom. The second-order valence-electron chi connectivity index (χ2n) is 10.00. The number of hydrogen-bond donors (Lipinski definition) is 0. The predicted molar refractivity (Wildman–Crippen MR) is 132 cm³/mol. The monoisotopic (exact) mass is 431 g/mol. The second-order valence-corrected chi connectivity index (χ2v) is 10.00. The number of hydrogen-bond acceptors (Lipinski definition) is 2. The molecule has 1 fully saturated rings. The lowest BCUT2D eigenvalue weighted by molar-refractivity contribution is -0.660. The Labute approximate surface area is 193 Å². The van der Waals surface area contributed by atoms with Gasteiger partial charge in [0.2, 0.25) is 11.4 Å². The summed E-state index contributed by atoms with van der Waals surface area (Å²) >= 11 is 0. The fraction of sp³-hybridized carbons (Fsp3) is 0.267. The molecule has 0 bridgehead atoms. The molecule has 0 unspecified atom stereocenters. The highest BCUT2D eigenvalue weighted by Gasteiger charge is 2.46. The Bertz CT molecular complexity index is 1600. The van der Waals surface area contributed by atoms with Crippen molar-refractivity contribution in [3.8, 4) is 22.4 Å². The number of nitrogens with zero attached hydrogens (tertiary/aromatic N) is 2. The molecule has 0 saturated heterocycles. The first kappa shape index (κ1) is 19.0. The van der Waals surface area contributed by atoms with Crippen LogP contribution in [0, 0.1) is 13.8 Å². The van der Waals surface area contributed by atoms with Crippen molar-refractivity contribution in [2.75, 3.05) is 0 Å². The first-order valence-corrected chi connectivity index (χ1v) is 12.0. The zero-order chi connectivity index (χ0) is 22.3. The minimum absolute atomic E-state index is 0.118. The predicted octanol–water partition coefficient (Wildman–Crippen LogP) is 6.93. The zero-order valence-corrected chi connectivity index (χ0v) is 19.4. The molecule has 2 aromatic carbocycles. The molecule has 0 radical (unpaired) electrons. The summed E-state index contributed by atoms with van der Waals surface area (Å²) in [4.78, 5) is 4.92. The van der Waals surface area contributed by atoms with Crippen molar-refractivity contribution in [3.63, 3.8) is 0 Å². The van der Waals surface area contributed by atoms with Crippen LogP contribution in [0.2, 0.25) is 0 Å². The molecule has 3 heteroatoms. The maximum absolute atomic E-state index is 6.58. The van der Waals surface area contributed by atoms with E-state index >= 15 is 0 Å². The number of furan rings is 1. The van der Waals surface area contributed by atoms with Crippen molar-refractivity contribution in [2.24, 2.45) is 7.05 Å². The van der Waals surface area contributed by atoms with Crippen molar-refractivity contribution in [2.45, 2.75) is 44.9 Å². The van der Waals surface area contributed by atoms with Crippen LogP contribution in [0.3, 0.4) is 0 Å². The van der Waals surface area contributed by atoms with Gasteiger partial charge in [-0.15, -0.1) is 0 Å². The van der Waals surface area contributed by atoms with E-state index in [1.807, 2.05) is 0 Å². The van der Waals surface area contributed by atoms with E-state index < -0.39 is 0 Å². The zero-order valence-electron chi connectivity index (χ0n) is 19.4. The third-order valence-electron chi connectivity index (χ3n) is 8.12. The standard InChI is InChI=1S/C30H27N2O/c1-18-12-15-32(3)24(16-18)25-19(2)10-11-21-27-26-20-8-4-5-9-22(20)30(13-6-7-14-30)23(26)17-31-29(27)33-28(21)25/h4-5,8-12,15-17H,6-7,13-14H2,1-3H3/q+1. The van der Waals surface area contributed by atoms with Crippen molar-refractivity contribution >= 4 is 22.1 Å². The molecule has 0 atom stereocenters. The average molecular weight is 432 g/mol. The van der Waals surface area contributed by atoms with Crippen LogP contribution >= 0.6 is 0 Å². The summed E-state index contributed by atoms with van der Waals surface area (Å²) in [6.45, 7) is 4.31. The lowest BCUT2D eigenvalue weighted by Crippen LogP contribution is -2.30. The first-order chi connectivity index (χ1) is 16.1. The number of benzene rings is 2. The summed E-state index contributed by atoms with van der Waals surface area (Å²) in [7, 11) is 2.10. The molecule has 33 heavy (non-hydrogen) atoms. The van der Waals surface area contributed by atoms with E-state index in [4.69, 9.17) is 9.40 Å². The molecule has 3 nitrogen and oxygen atoms in total. The van der Waals surface area contributed by atoms with Gasteiger partial charge in [-0.2, -0.15) is 0 Å². The van der Waals surface area contributed by atoms with Gasteiger partial charge in [-0.05, 0) is 54.5 Å². The normalized spacial score (nSPS) is 16.1. The molecule has 5 aromatic rings. The van der Waals surface area contributed by atoms with Crippen LogP contribution in [-0.2, 0) is 12.5 Å². The molecule has 2 aliphatic rings. The summed E-state index contributed by atoms with van der Waals surface area (Å²) in [6, 6.07) is 17.9. The van der Waals surface area contributed by atoms with Crippen molar-refractivity contribution in [1.29, 1.82) is 0 Å². The SMILES string of the molecule is Cc1cc[n+](C)c(-c2c(C)ccc3c2oc2ncc4c(c23)-c2ccccc2C42CCCC2)c1. The molecule has 3 aromatic heterocycles. The van der Waals surface area contributed by atoms with Crippen LogP contribution in [0.5, 0.6) is 0 Å². The van der Waals surface area contributed by atoms with Gasteiger partial charge in [0, 0.05) is 34.7 Å². The fourth-order valence-corrected chi connectivity index (χ4v) is 6.57. The molecule has 0 aliphatic heterocycles. The van der Waals surface area contributed by atoms with Gasteiger partial charge in [-0.3, -0.25) is 0 Å². The Kier molecular flexibility index (Phi) is 3.77. The van der Waals surface area contributed by atoms with E-state index in [0.29, 0.717) is 0 Å². The highest BCUT2D eigenvalue weighted by Crippen LogP contribution is 2.58. The van der Waals surface area contributed by atoms with Crippen LogP contribution < -0.4 is 4.57 Å². The number of aryl methyl sites for hydroxylation is 3. The summed E-state index contributed by atoms with van der Waals surface area (Å²) in [5, 5.41) is 2.34. The van der Waals surface area contributed by atoms with Gasteiger partial charge in [0.15, 0.2) is 11.8 Å². The van der Waals surface area contributed by atoms with Crippen molar-refractivity contribution < 1.29 is 8.98 Å². The number of rotatable bonds is 1. The van der Waals surface area contributed by atoms with Gasteiger partial charge < -0.3 is 4.42 Å². The first-order valence-electron chi connectivity index (χ1n) is 12.0. The molecule has 0 amide bonds. The summed E-state index contributed by atoms with van der Waals surface area (Å²) < 4.78 is 8.76. The maximum atomic E-state index is 6.58. The van der Waals surface area contributed by atoms with Gasteiger partial charge in [0.25, 0.3) is 0 Å². The van der Waals surface area contributed by atoms with Crippen LogP contribution in [0.25, 0.3) is 44.5 Å². The van der Waals surface area contributed by atoms with E-state index in [9.17, 15) is 0 Å². The number of aromatic nitrogens is 2. The van der Waals surface area contributed by atoms with E-state index in [-0.39, 0.29) is 5.41 Å². The Balaban J connectivity index is 1.62. The maximum Gasteiger partial charge on any atom is 0.227 e. The molecular formula is C30H27N2O+. The summed E-state index contributed by atoms with van der Waals surface area (Å²) in [5.74, 6) is 0. The number of pyridine rings is 2. The van der Waals surface area contributed by atoms with E-state index in [2.05, 4.69) is 86.4 Å². The van der Waals surface area contributed by atoms with E-state index in [0.717, 1.165) is 16.9 Å². The molecule has 1 saturated carbocycles. The second kappa shape index (κ2) is 6.54. The van der Waals surface area contributed by atoms with E-state index in [1.54, 1.807) is 0 Å². The molecule has 3 heterocycles. The van der Waals surface area contributed by atoms with Crippen LogP contribution in [-0.4, -0.2) is 4.98 Å². The largest absolute Gasteiger partial charge is 0.437 e. The molecule has 7 rings (SSSR count). The minimum atomic E-state index is 0.118. The summed E-state index contributed by atoms with van der Waals surface area (Å²) in [6.07, 6.45) is 9.23. The minimum Gasteiger partial charge on any atom is -0.437 e. The van der Waals surface area contributed by atoms with Crippen molar-refractivity contribution in [1.82, 2.24) is 4.98 Å². The molecule has 2 aliphatic carbocycles. The average Bonchev–Trinajstić information content (AvgIpc) is 3.52. The Morgan fingerprint density at radius 2 is 1.76 bits per heavy atom. The lowest BCUT2D eigenvalue weighted by atomic mass is 9.77. The van der Waals surface area contributed by atoms with Gasteiger partial charge >= 0.3 is 0 Å². The topological polar surface area (TPSA) is 29.9 Å². The van der Waals surface area contributed by atoms with Gasteiger partial charge in [0.1, 0.15) is 7.05 Å². The molecule has 162 valence electrons. The third kappa shape index (κ3) is 2.40. The lowest BCUT2D eigenvalue weighted by Gasteiger charge is -2.25. The number of fused-ring (bicyclic) bond motifs is 9. The Hall–Kier alpha value is -3.46. The molecular weight excluding hydrogens is 404 g/mol. The Morgan fingerprint density at radius 3 is 2.61 bits per heavy atom. The van der Waals surface area contributed by atoms with Gasteiger partial charge in [0.05, 0.1) is 10.9 Å². The van der Waals surface area contributed by atoms with Crippen LogP contribution in [0.15, 0.2) is 65.3 Å². The van der Waals surface area contributed by atoms with Gasteiger partial charge in [-0.1, -0.05) is 49.2 Å². The fourth-order valence-electron chi connectivity index (χ4n) is 6.57. The highest BCUT2D eigenvalue weighted by atomic mass is 16.3. The smallest absolute Gasteiger partial charge is 0.227 e. The quantitative estimate of drug-likeness (QED) is 0.269. The van der Waals surface area contributed by atoms with Crippen LogP contribution in [0.4, 0.5) is 0 Å². The van der Waals surface area contributed by atoms with Crippen molar-refractivity contribution in [3.05, 3.63) is 83.2 Å². The molecule has 1 spiro atoms. The van der Waals surface area contributed by atoms with Gasteiger partial charge in [-0.25, -0.2) is 9.55 Å². The van der Waals surface area contributed by atoms with Crippen LogP contribution in [0.1, 0.15) is 47.9 Å². The third-order valence-corrected chi connectivity index (χ3v) is 8.12. The van der Waals surface area contributed by atoms with E-state index in [1.165, 1.54) is 75.5 Å². The molecule has 0 N–H and O–H groups in total. The summed E-state index contributed by atoms with van der Waals surface area (Å²) in [5.41, 5.74) is 12.2. The highest BCUT2D eigenvalue weighted by molar-refractivity contribution is 6.16.